The molecule has 7 heteroatoms. The molecule has 0 aliphatic heterocycles. The fourth-order valence-corrected chi connectivity index (χ4v) is 3.35. The summed E-state index contributed by atoms with van der Waals surface area (Å²) in [6, 6.07) is 1.50. The zero-order valence-corrected chi connectivity index (χ0v) is 15.6. The molecule has 0 unspecified atom stereocenters. The van der Waals surface area contributed by atoms with Gasteiger partial charge in [0.1, 0.15) is 5.76 Å². The van der Waals surface area contributed by atoms with Crippen LogP contribution in [0.2, 0.25) is 0 Å². The Kier molecular flexibility index (Phi) is 4.69. The molecule has 0 fully saturated rings. The predicted octanol–water partition coefficient (Wildman–Crippen LogP) is 2.93. The van der Waals surface area contributed by atoms with Crippen LogP contribution in [-0.2, 0) is 16.8 Å². The van der Waals surface area contributed by atoms with Gasteiger partial charge in [-0.2, -0.15) is 5.10 Å². The van der Waals surface area contributed by atoms with Gasteiger partial charge in [-0.05, 0) is 53.9 Å². The van der Waals surface area contributed by atoms with E-state index in [1.807, 2.05) is 13.1 Å². The minimum atomic E-state index is -0.342. The maximum atomic E-state index is 12.4. The molecule has 2 heterocycles. The second-order valence-corrected chi connectivity index (χ2v) is 7.77. The molecular weight excluding hydrogens is 318 g/mol. The number of nitrogens with zero attached hydrogens (tertiary/aromatic N) is 3. The van der Waals surface area contributed by atoms with Gasteiger partial charge in [-0.1, -0.05) is 5.16 Å². The summed E-state index contributed by atoms with van der Waals surface area (Å²) in [7, 11) is 0. The summed E-state index contributed by atoms with van der Waals surface area (Å²) in [5.74, 6) is 0.993. The molecular formula is C18H27N5O2. The third-order valence-electron chi connectivity index (χ3n) is 4.54. The number of carbonyl (C=O) groups is 1. The van der Waals surface area contributed by atoms with E-state index in [2.05, 4.69) is 46.3 Å². The number of amides is 1. The Morgan fingerprint density at radius 3 is 2.84 bits per heavy atom. The maximum Gasteiger partial charge on any atom is 0.242 e. The van der Waals surface area contributed by atoms with E-state index in [1.54, 1.807) is 13.0 Å². The molecule has 0 radical (unpaired) electrons. The molecule has 0 bridgehead atoms. The average Bonchev–Trinajstić information content (AvgIpc) is 3.13. The van der Waals surface area contributed by atoms with Crippen molar-refractivity contribution in [3.63, 3.8) is 0 Å². The third-order valence-corrected chi connectivity index (χ3v) is 4.54. The fourth-order valence-electron chi connectivity index (χ4n) is 3.35. The molecule has 0 saturated heterocycles. The van der Waals surface area contributed by atoms with Crippen molar-refractivity contribution in [2.45, 2.75) is 71.5 Å². The van der Waals surface area contributed by atoms with Gasteiger partial charge < -0.3 is 9.84 Å². The van der Waals surface area contributed by atoms with Gasteiger partial charge in [-0.3, -0.25) is 14.8 Å². The van der Waals surface area contributed by atoms with Crippen molar-refractivity contribution in [1.82, 2.24) is 20.3 Å². The zero-order valence-electron chi connectivity index (χ0n) is 15.6. The van der Waals surface area contributed by atoms with E-state index in [1.165, 1.54) is 11.3 Å². The smallest absolute Gasteiger partial charge is 0.242 e. The van der Waals surface area contributed by atoms with Crippen LogP contribution in [-0.4, -0.2) is 26.9 Å². The Morgan fingerprint density at radius 2 is 2.20 bits per heavy atom. The van der Waals surface area contributed by atoms with Gasteiger partial charge in [0, 0.05) is 23.4 Å². The summed E-state index contributed by atoms with van der Waals surface area (Å²) in [6.07, 6.45) is 5.07. The predicted molar refractivity (Wildman–Crippen MR) is 95.4 cm³/mol. The number of hydrogen-bond donors (Lipinski definition) is 2. The normalized spacial score (nSPS) is 18.7. The summed E-state index contributed by atoms with van der Waals surface area (Å²) < 4.78 is 7.09. The maximum absolute atomic E-state index is 12.4. The zero-order chi connectivity index (χ0) is 18.2. The molecule has 7 nitrogen and oxygen atoms in total. The second kappa shape index (κ2) is 6.63. The number of fused-ring (bicyclic) bond motifs is 1. The molecule has 2 atom stereocenters. The number of aromatic nitrogens is 3. The molecule has 1 aliphatic carbocycles. The van der Waals surface area contributed by atoms with Crippen molar-refractivity contribution < 1.29 is 9.32 Å². The van der Waals surface area contributed by atoms with Crippen LogP contribution in [0, 0.1) is 6.92 Å². The minimum Gasteiger partial charge on any atom is -0.360 e. The first-order chi connectivity index (χ1) is 11.8. The van der Waals surface area contributed by atoms with Crippen LogP contribution in [0.3, 0.4) is 0 Å². The van der Waals surface area contributed by atoms with E-state index in [0.29, 0.717) is 11.6 Å². The highest BCUT2D eigenvalue weighted by atomic mass is 16.5. The molecule has 2 N–H and O–H groups in total. The van der Waals surface area contributed by atoms with Crippen LogP contribution in [0.1, 0.15) is 63.6 Å². The van der Waals surface area contributed by atoms with Crippen LogP contribution >= 0.6 is 0 Å². The SMILES string of the molecule is Cc1cc(NC(=O)[C@@H](C)N[C@H]2CCCc3c2cnn3C(C)(C)C)no1. The quantitative estimate of drug-likeness (QED) is 0.890. The number of nitrogens with one attached hydrogen (secondary N) is 2. The van der Waals surface area contributed by atoms with Crippen molar-refractivity contribution in [2.24, 2.45) is 0 Å². The Balaban J connectivity index is 1.70. The molecule has 25 heavy (non-hydrogen) atoms. The summed E-state index contributed by atoms with van der Waals surface area (Å²) in [4.78, 5) is 12.4. The number of anilines is 1. The summed E-state index contributed by atoms with van der Waals surface area (Å²) in [5, 5.41) is 14.6. The van der Waals surface area contributed by atoms with Gasteiger partial charge in [-0.25, -0.2) is 0 Å². The lowest BCUT2D eigenvalue weighted by atomic mass is 9.91. The summed E-state index contributed by atoms with van der Waals surface area (Å²) in [5.41, 5.74) is 2.44. The van der Waals surface area contributed by atoms with Crippen molar-refractivity contribution in [3.05, 3.63) is 29.3 Å². The Bertz CT molecular complexity index is 756. The van der Waals surface area contributed by atoms with Crippen molar-refractivity contribution in [3.8, 4) is 0 Å². The van der Waals surface area contributed by atoms with E-state index in [4.69, 9.17) is 4.52 Å². The first-order valence-corrected chi connectivity index (χ1v) is 8.83. The van der Waals surface area contributed by atoms with Crippen LogP contribution in [0.4, 0.5) is 5.82 Å². The van der Waals surface area contributed by atoms with Gasteiger partial charge in [0.05, 0.1) is 17.8 Å². The van der Waals surface area contributed by atoms with Crippen LogP contribution < -0.4 is 10.6 Å². The molecule has 0 spiro atoms. The van der Waals surface area contributed by atoms with E-state index in [0.717, 1.165) is 19.3 Å². The molecule has 2 aromatic heterocycles. The van der Waals surface area contributed by atoms with E-state index >= 15 is 0 Å². The summed E-state index contributed by atoms with van der Waals surface area (Å²) in [6.45, 7) is 10.1. The minimum absolute atomic E-state index is 0.0384. The van der Waals surface area contributed by atoms with Crippen molar-refractivity contribution >= 4 is 11.7 Å². The lowest BCUT2D eigenvalue weighted by Gasteiger charge is -2.29. The average molecular weight is 345 g/mol. The van der Waals surface area contributed by atoms with Crippen molar-refractivity contribution in [1.29, 1.82) is 0 Å². The highest BCUT2D eigenvalue weighted by Crippen LogP contribution is 2.32. The highest BCUT2D eigenvalue weighted by molar-refractivity contribution is 5.93. The third kappa shape index (κ3) is 3.76. The van der Waals surface area contributed by atoms with Gasteiger partial charge >= 0.3 is 0 Å². The molecule has 1 aliphatic rings. The number of rotatable bonds is 4. The molecule has 2 aromatic rings. The lowest BCUT2D eigenvalue weighted by Crippen LogP contribution is -2.41. The van der Waals surface area contributed by atoms with Crippen LogP contribution in [0.15, 0.2) is 16.8 Å². The largest absolute Gasteiger partial charge is 0.360 e. The molecule has 0 saturated carbocycles. The van der Waals surface area contributed by atoms with E-state index in [-0.39, 0.29) is 23.5 Å². The first kappa shape index (κ1) is 17.7. The molecule has 3 rings (SSSR count). The first-order valence-electron chi connectivity index (χ1n) is 8.83. The van der Waals surface area contributed by atoms with Gasteiger partial charge in [0.15, 0.2) is 5.82 Å². The van der Waals surface area contributed by atoms with Gasteiger partial charge in [-0.15, -0.1) is 0 Å². The molecule has 0 aromatic carbocycles. The summed E-state index contributed by atoms with van der Waals surface area (Å²) >= 11 is 0. The highest BCUT2D eigenvalue weighted by Gasteiger charge is 2.29. The fraction of sp³-hybridized carbons (Fsp3) is 0.611. The van der Waals surface area contributed by atoms with Crippen LogP contribution in [0.25, 0.3) is 0 Å². The monoisotopic (exact) mass is 345 g/mol. The van der Waals surface area contributed by atoms with Gasteiger partial charge in [0.25, 0.3) is 0 Å². The van der Waals surface area contributed by atoms with Crippen molar-refractivity contribution in [2.75, 3.05) is 5.32 Å². The van der Waals surface area contributed by atoms with Gasteiger partial charge in [0.2, 0.25) is 5.91 Å². The number of hydrogen-bond acceptors (Lipinski definition) is 5. The Labute approximate surface area is 148 Å². The molecule has 136 valence electrons. The number of carbonyl (C=O) groups excluding carboxylic acids is 1. The Hall–Kier alpha value is -2.15. The standard InChI is InChI=1S/C18H27N5O2/c1-11-9-16(22-25-11)21-17(24)12(2)20-14-7-6-8-15-13(14)10-19-23(15)18(3,4)5/h9-10,12,14,20H,6-8H2,1-5H3,(H,21,22,24)/t12-,14+/m1/s1. The van der Waals surface area contributed by atoms with E-state index in [9.17, 15) is 4.79 Å². The van der Waals surface area contributed by atoms with Crippen LogP contribution in [0.5, 0.6) is 0 Å². The second-order valence-electron chi connectivity index (χ2n) is 7.77. The lowest BCUT2D eigenvalue weighted by molar-refractivity contribution is -0.118. The molecule has 1 amide bonds. The Morgan fingerprint density at radius 1 is 1.44 bits per heavy atom. The van der Waals surface area contributed by atoms with E-state index < -0.39 is 0 Å². The number of aryl methyl sites for hydroxylation is 1. The topological polar surface area (TPSA) is 85.0 Å².